The highest BCUT2D eigenvalue weighted by Gasteiger charge is 2.21. The summed E-state index contributed by atoms with van der Waals surface area (Å²) in [7, 11) is 0. The van der Waals surface area contributed by atoms with Crippen molar-refractivity contribution in [1.82, 2.24) is 15.1 Å². The van der Waals surface area contributed by atoms with Crippen LogP contribution in [0.5, 0.6) is 5.75 Å². The summed E-state index contributed by atoms with van der Waals surface area (Å²) >= 11 is 0. The molecule has 31 heavy (non-hydrogen) atoms. The molecule has 1 aliphatic carbocycles. The number of pyridine rings is 1. The molecule has 0 saturated heterocycles. The largest absolute Gasteiger partial charge is 0.493 e. The number of rotatable bonds is 8. The first kappa shape index (κ1) is 21.5. The van der Waals surface area contributed by atoms with Crippen molar-refractivity contribution in [2.24, 2.45) is 0 Å². The first-order chi connectivity index (χ1) is 15.1. The van der Waals surface area contributed by atoms with Crippen molar-refractivity contribution in [3.8, 4) is 28.6 Å². The van der Waals surface area contributed by atoms with Crippen LogP contribution in [0, 0.1) is 13.8 Å². The van der Waals surface area contributed by atoms with E-state index in [1.165, 1.54) is 31.2 Å². The molecule has 2 aromatic heterocycles. The van der Waals surface area contributed by atoms with Gasteiger partial charge in [-0.15, -0.1) is 0 Å². The van der Waals surface area contributed by atoms with E-state index >= 15 is 0 Å². The molecule has 164 valence electrons. The van der Waals surface area contributed by atoms with Gasteiger partial charge in [-0.2, -0.15) is 4.98 Å². The smallest absolute Gasteiger partial charge is 0.258 e. The van der Waals surface area contributed by atoms with Crippen LogP contribution in [0.3, 0.4) is 0 Å². The molecule has 1 saturated carbocycles. The monoisotopic (exact) mass is 419 g/mol. The van der Waals surface area contributed by atoms with Gasteiger partial charge in [0, 0.05) is 28.4 Å². The number of unbranched alkanes of at least 4 members (excludes halogenated alkanes) is 1. The van der Waals surface area contributed by atoms with Gasteiger partial charge in [-0.3, -0.25) is 4.98 Å². The highest BCUT2D eigenvalue weighted by Crippen LogP contribution is 2.35. The lowest BCUT2D eigenvalue weighted by molar-refractivity contribution is 0.304. The Morgan fingerprint density at radius 1 is 1.00 bits per heavy atom. The van der Waals surface area contributed by atoms with Crippen molar-refractivity contribution >= 4 is 0 Å². The van der Waals surface area contributed by atoms with Gasteiger partial charge in [0.05, 0.1) is 6.61 Å². The molecule has 0 radical (unpaired) electrons. The first-order valence-electron chi connectivity index (χ1n) is 11.7. The Morgan fingerprint density at radius 3 is 2.55 bits per heavy atom. The third kappa shape index (κ3) is 4.81. The second-order valence-corrected chi connectivity index (χ2v) is 8.66. The minimum atomic E-state index is 0.552. The van der Waals surface area contributed by atoms with Gasteiger partial charge < -0.3 is 9.26 Å². The molecule has 0 atom stereocenters. The molecule has 0 bridgehead atoms. The molecule has 2 heterocycles. The van der Waals surface area contributed by atoms with E-state index in [2.05, 4.69) is 44.1 Å². The van der Waals surface area contributed by atoms with Crippen LogP contribution < -0.4 is 4.74 Å². The molecule has 0 aliphatic heterocycles. The fourth-order valence-corrected chi connectivity index (χ4v) is 4.47. The maximum atomic E-state index is 6.07. The number of aromatic nitrogens is 3. The average Bonchev–Trinajstić information content (AvgIpc) is 3.47. The predicted molar refractivity (Wildman–Crippen MR) is 123 cm³/mol. The van der Waals surface area contributed by atoms with Crippen molar-refractivity contribution in [2.75, 3.05) is 6.61 Å². The fraction of sp³-hybridized carbons (Fsp3) is 0.500. The Hall–Kier alpha value is -2.69. The second-order valence-electron chi connectivity index (χ2n) is 8.66. The van der Waals surface area contributed by atoms with Gasteiger partial charge in [0.2, 0.25) is 5.82 Å². The van der Waals surface area contributed by atoms with E-state index in [1.807, 2.05) is 13.0 Å². The van der Waals surface area contributed by atoms with Gasteiger partial charge in [-0.25, -0.2) is 0 Å². The molecule has 5 nitrogen and oxygen atoms in total. The molecule has 3 aromatic rings. The van der Waals surface area contributed by atoms with Crippen LogP contribution in [0.25, 0.3) is 22.8 Å². The minimum Gasteiger partial charge on any atom is -0.493 e. The van der Waals surface area contributed by atoms with E-state index in [0.717, 1.165) is 59.7 Å². The predicted octanol–water partition coefficient (Wildman–Crippen LogP) is 6.81. The topological polar surface area (TPSA) is 61.0 Å². The summed E-state index contributed by atoms with van der Waals surface area (Å²) in [6, 6.07) is 8.39. The van der Waals surface area contributed by atoms with Crippen LogP contribution in [0.15, 0.2) is 28.8 Å². The third-order valence-corrected chi connectivity index (χ3v) is 6.15. The third-order valence-electron chi connectivity index (χ3n) is 6.15. The number of nitrogens with zero attached hydrogens (tertiary/aromatic N) is 3. The van der Waals surface area contributed by atoms with E-state index in [9.17, 15) is 0 Å². The van der Waals surface area contributed by atoms with Gasteiger partial charge in [-0.05, 0) is 74.9 Å². The Labute approximate surface area is 185 Å². The first-order valence-corrected chi connectivity index (χ1v) is 11.7. The average molecular weight is 420 g/mol. The zero-order chi connectivity index (χ0) is 21.8. The van der Waals surface area contributed by atoms with Gasteiger partial charge in [0.1, 0.15) is 5.75 Å². The Morgan fingerprint density at radius 2 is 1.81 bits per heavy atom. The highest BCUT2D eigenvalue weighted by molar-refractivity contribution is 5.64. The van der Waals surface area contributed by atoms with Gasteiger partial charge in [0.15, 0.2) is 0 Å². The van der Waals surface area contributed by atoms with E-state index in [4.69, 9.17) is 19.2 Å². The summed E-state index contributed by atoms with van der Waals surface area (Å²) in [5.41, 5.74) is 6.37. The molecule has 1 aromatic carbocycles. The molecular formula is C26H33N3O2. The molecule has 5 heteroatoms. The van der Waals surface area contributed by atoms with Crippen molar-refractivity contribution in [3.05, 3.63) is 46.8 Å². The van der Waals surface area contributed by atoms with Crippen molar-refractivity contribution in [2.45, 2.75) is 78.6 Å². The number of benzene rings is 1. The second kappa shape index (κ2) is 9.63. The van der Waals surface area contributed by atoms with Crippen LogP contribution >= 0.6 is 0 Å². The lowest BCUT2D eigenvalue weighted by atomic mass is 10.0. The fourth-order valence-electron chi connectivity index (χ4n) is 4.47. The van der Waals surface area contributed by atoms with Gasteiger partial charge in [-0.1, -0.05) is 38.3 Å². The number of hydrogen-bond acceptors (Lipinski definition) is 5. The zero-order valence-corrected chi connectivity index (χ0v) is 19.2. The maximum absolute atomic E-state index is 6.07. The Bertz CT molecular complexity index is 1040. The molecule has 1 fully saturated rings. The summed E-state index contributed by atoms with van der Waals surface area (Å²) in [5, 5.41) is 4.29. The highest BCUT2D eigenvalue weighted by atomic mass is 16.5. The Balaban J connectivity index is 1.62. The van der Waals surface area contributed by atoms with E-state index in [0.29, 0.717) is 17.6 Å². The van der Waals surface area contributed by atoms with Crippen LogP contribution in [0.4, 0.5) is 0 Å². The lowest BCUT2D eigenvalue weighted by Crippen LogP contribution is -2.02. The number of aryl methyl sites for hydroxylation is 3. The maximum Gasteiger partial charge on any atom is 0.258 e. The van der Waals surface area contributed by atoms with Crippen LogP contribution in [-0.4, -0.2) is 21.7 Å². The normalized spacial score (nSPS) is 14.3. The SMILES string of the molecule is CCCCOc1c(C)cc(-c2noc(-c3cc(C)nc(C4CCCC4)c3)n2)cc1CC. The molecule has 0 unspecified atom stereocenters. The van der Waals surface area contributed by atoms with E-state index in [-0.39, 0.29) is 0 Å². The minimum absolute atomic E-state index is 0.552. The number of hydrogen-bond donors (Lipinski definition) is 0. The molecule has 0 amide bonds. The van der Waals surface area contributed by atoms with Crippen molar-refractivity contribution in [3.63, 3.8) is 0 Å². The quantitative estimate of drug-likeness (QED) is 0.375. The van der Waals surface area contributed by atoms with Crippen LogP contribution in [0.2, 0.25) is 0 Å². The van der Waals surface area contributed by atoms with Crippen molar-refractivity contribution < 1.29 is 9.26 Å². The molecule has 1 aliphatic rings. The molecule has 4 rings (SSSR count). The number of ether oxygens (including phenoxy) is 1. The molecule has 0 spiro atoms. The summed E-state index contributed by atoms with van der Waals surface area (Å²) in [6.07, 6.45) is 8.10. The van der Waals surface area contributed by atoms with Crippen LogP contribution in [-0.2, 0) is 6.42 Å². The summed E-state index contributed by atoms with van der Waals surface area (Å²) < 4.78 is 11.7. The Kier molecular flexibility index (Phi) is 6.69. The zero-order valence-electron chi connectivity index (χ0n) is 19.2. The summed E-state index contributed by atoms with van der Waals surface area (Å²) in [4.78, 5) is 9.51. The van der Waals surface area contributed by atoms with Gasteiger partial charge in [0.25, 0.3) is 5.89 Å². The summed E-state index contributed by atoms with van der Waals surface area (Å²) in [6.45, 7) is 9.20. The lowest BCUT2D eigenvalue weighted by Gasteiger charge is -2.14. The van der Waals surface area contributed by atoms with Crippen molar-refractivity contribution in [1.29, 1.82) is 0 Å². The molecular weight excluding hydrogens is 386 g/mol. The van der Waals surface area contributed by atoms with Gasteiger partial charge >= 0.3 is 0 Å². The standard InChI is InChI=1S/C26H33N3O2/c1-5-7-12-30-24-17(3)13-21(15-19(24)6-2)25-28-26(31-29-25)22-14-18(4)27-23(16-22)20-10-8-9-11-20/h13-16,20H,5-12H2,1-4H3. The van der Waals surface area contributed by atoms with Crippen LogP contribution in [0.1, 0.15) is 80.8 Å². The van der Waals surface area contributed by atoms with E-state index < -0.39 is 0 Å². The summed E-state index contributed by atoms with van der Waals surface area (Å²) in [5.74, 6) is 2.72. The molecule has 0 N–H and O–H groups in total. The van der Waals surface area contributed by atoms with E-state index in [1.54, 1.807) is 0 Å².